The largest absolute Gasteiger partial charge is 0.573 e. The van der Waals surface area contributed by atoms with Crippen LogP contribution in [0, 0.1) is 5.41 Å². The van der Waals surface area contributed by atoms with Crippen molar-refractivity contribution in [3.8, 4) is 5.75 Å². The van der Waals surface area contributed by atoms with E-state index in [9.17, 15) is 18.3 Å². The van der Waals surface area contributed by atoms with Crippen LogP contribution in [0.4, 0.5) is 13.2 Å². The van der Waals surface area contributed by atoms with Crippen LogP contribution in [0.3, 0.4) is 0 Å². The molecule has 0 spiro atoms. The Morgan fingerprint density at radius 2 is 1.85 bits per heavy atom. The highest BCUT2D eigenvalue weighted by molar-refractivity contribution is 5.30. The molecule has 2 atom stereocenters. The smallest absolute Gasteiger partial charge is 0.406 e. The fraction of sp³-hybridized carbons (Fsp3) is 0.571. The molecule has 20 heavy (non-hydrogen) atoms. The van der Waals surface area contributed by atoms with Crippen LogP contribution in [0.15, 0.2) is 24.3 Å². The van der Waals surface area contributed by atoms with E-state index < -0.39 is 12.5 Å². The zero-order chi connectivity index (χ0) is 15.6. The summed E-state index contributed by atoms with van der Waals surface area (Å²) in [5, 5.41) is 10.1. The second-order valence-corrected chi connectivity index (χ2v) is 5.84. The van der Waals surface area contributed by atoms with E-state index in [0.29, 0.717) is 5.56 Å². The summed E-state index contributed by atoms with van der Waals surface area (Å²) in [6.45, 7) is 5.81. The Morgan fingerprint density at radius 1 is 1.25 bits per heavy atom. The average molecular weight is 291 g/mol. The molecule has 3 nitrogen and oxygen atoms in total. The van der Waals surface area contributed by atoms with Crippen LogP contribution in [0.1, 0.15) is 38.9 Å². The molecule has 1 aromatic carbocycles. The van der Waals surface area contributed by atoms with E-state index in [1.54, 1.807) is 6.07 Å². The third-order valence-corrected chi connectivity index (χ3v) is 3.07. The molecule has 1 rings (SSSR count). The van der Waals surface area contributed by atoms with Crippen LogP contribution in [0.2, 0.25) is 0 Å². The Morgan fingerprint density at radius 3 is 2.35 bits per heavy atom. The first kappa shape index (κ1) is 16.8. The topological polar surface area (TPSA) is 55.5 Å². The van der Waals surface area contributed by atoms with Crippen LogP contribution >= 0.6 is 0 Å². The first-order valence-corrected chi connectivity index (χ1v) is 6.28. The first-order chi connectivity index (χ1) is 8.99. The number of rotatable bonds is 4. The maximum absolute atomic E-state index is 12.1. The highest BCUT2D eigenvalue weighted by atomic mass is 19.4. The molecular weight excluding hydrogens is 271 g/mol. The minimum Gasteiger partial charge on any atom is -0.406 e. The third kappa shape index (κ3) is 5.38. The van der Waals surface area contributed by atoms with Gasteiger partial charge in [0.1, 0.15) is 5.75 Å². The van der Waals surface area contributed by atoms with Gasteiger partial charge in [-0.25, -0.2) is 0 Å². The van der Waals surface area contributed by atoms with E-state index in [-0.39, 0.29) is 23.6 Å². The lowest BCUT2D eigenvalue weighted by atomic mass is 9.83. The van der Waals surface area contributed by atoms with Crippen molar-refractivity contribution in [2.45, 2.75) is 45.7 Å². The van der Waals surface area contributed by atoms with Crippen molar-refractivity contribution in [3.05, 3.63) is 29.8 Å². The van der Waals surface area contributed by atoms with Gasteiger partial charge < -0.3 is 15.6 Å². The minimum absolute atomic E-state index is 0.193. The maximum atomic E-state index is 12.1. The summed E-state index contributed by atoms with van der Waals surface area (Å²) in [6, 6.07) is 5.04. The van der Waals surface area contributed by atoms with E-state index >= 15 is 0 Å². The Kier molecular flexibility index (Phi) is 5.05. The Hall–Kier alpha value is -1.27. The standard InChI is InChI=1S/C14H20F3NO2/c1-13(2,3)12(18)8-11(19)9-5-4-6-10(7-9)20-14(15,16)17/h4-7,11-12,19H,8,18H2,1-3H3/t11-,12+/m0/s1. The van der Waals surface area contributed by atoms with Gasteiger partial charge in [0.15, 0.2) is 0 Å². The molecule has 0 unspecified atom stereocenters. The molecule has 0 saturated heterocycles. The number of aliphatic hydroxyl groups is 1. The lowest BCUT2D eigenvalue weighted by molar-refractivity contribution is -0.274. The van der Waals surface area contributed by atoms with E-state index in [4.69, 9.17) is 5.73 Å². The molecule has 0 amide bonds. The number of ether oxygens (including phenoxy) is 1. The molecular formula is C14H20F3NO2. The van der Waals surface area contributed by atoms with E-state index in [2.05, 4.69) is 4.74 Å². The van der Waals surface area contributed by atoms with Gasteiger partial charge in [-0.2, -0.15) is 0 Å². The highest BCUT2D eigenvalue weighted by Gasteiger charge is 2.31. The number of alkyl halides is 3. The van der Waals surface area contributed by atoms with Gasteiger partial charge in [0.25, 0.3) is 0 Å². The molecule has 0 aliphatic rings. The fourth-order valence-electron chi connectivity index (χ4n) is 1.65. The molecule has 0 bridgehead atoms. The van der Waals surface area contributed by atoms with Crippen LogP contribution in [-0.4, -0.2) is 17.5 Å². The molecule has 0 aliphatic heterocycles. The normalized spacial score (nSPS) is 15.8. The van der Waals surface area contributed by atoms with Crippen LogP contribution in [0.5, 0.6) is 5.75 Å². The number of nitrogens with two attached hydrogens (primary N) is 1. The van der Waals surface area contributed by atoms with Gasteiger partial charge in [0.05, 0.1) is 6.10 Å². The monoisotopic (exact) mass is 291 g/mol. The van der Waals surface area contributed by atoms with Gasteiger partial charge in [-0.3, -0.25) is 0 Å². The molecule has 0 aliphatic carbocycles. The van der Waals surface area contributed by atoms with E-state index in [1.165, 1.54) is 18.2 Å². The summed E-state index contributed by atoms with van der Waals surface area (Å²) in [5.41, 5.74) is 6.12. The summed E-state index contributed by atoms with van der Waals surface area (Å²) < 4.78 is 40.2. The number of halogens is 3. The maximum Gasteiger partial charge on any atom is 0.573 e. The molecule has 0 heterocycles. The number of hydrogen-bond donors (Lipinski definition) is 2. The van der Waals surface area contributed by atoms with Gasteiger partial charge in [-0.15, -0.1) is 13.2 Å². The fourth-order valence-corrected chi connectivity index (χ4v) is 1.65. The van der Waals surface area contributed by atoms with Crippen molar-refractivity contribution in [1.29, 1.82) is 0 Å². The molecule has 0 aromatic heterocycles. The van der Waals surface area contributed by atoms with Crippen LogP contribution in [0.25, 0.3) is 0 Å². The predicted octanol–water partition coefficient (Wildman–Crippen LogP) is 3.38. The van der Waals surface area contributed by atoms with Crippen molar-refractivity contribution in [2.24, 2.45) is 11.1 Å². The molecule has 6 heteroatoms. The summed E-state index contributed by atoms with van der Waals surface area (Å²) in [4.78, 5) is 0. The van der Waals surface area contributed by atoms with Gasteiger partial charge in [-0.05, 0) is 29.5 Å². The summed E-state index contributed by atoms with van der Waals surface area (Å²) >= 11 is 0. The second kappa shape index (κ2) is 6.01. The van der Waals surface area contributed by atoms with Crippen molar-refractivity contribution in [2.75, 3.05) is 0 Å². The zero-order valence-electron chi connectivity index (χ0n) is 11.7. The number of benzene rings is 1. The number of aliphatic hydroxyl groups excluding tert-OH is 1. The van der Waals surface area contributed by atoms with Crippen LogP contribution < -0.4 is 10.5 Å². The van der Waals surface area contributed by atoms with Gasteiger partial charge in [0.2, 0.25) is 0 Å². The second-order valence-electron chi connectivity index (χ2n) is 5.84. The average Bonchev–Trinajstić information content (AvgIpc) is 2.25. The van der Waals surface area contributed by atoms with Gasteiger partial charge in [-0.1, -0.05) is 32.9 Å². The molecule has 0 saturated carbocycles. The Balaban J connectivity index is 2.79. The van der Waals surface area contributed by atoms with Crippen molar-refractivity contribution >= 4 is 0 Å². The lowest BCUT2D eigenvalue weighted by Crippen LogP contribution is -2.36. The molecule has 0 radical (unpaired) electrons. The predicted molar refractivity (Wildman–Crippen MR) is 70.1 cm³/mol. The lowest BCUT2D eigenvalue weighted by Gasteiger charge is -2.29. The Bertz CT molecular complexity index is 441. The third-order valence-electron chi connectivity index (χ3n) is 3.07. The van der Waals surface area contributed by atoms with Crippen molar-refractivity contribution in [3.63, 3.8) is 0 Å². The molecule has 3 N–H and O–H groups in total. The Labute approximate surface area is 116 Å². The van der Waals surface area contributed by atoms with E-state index in [0.717, 1.165) is 0 Å². The highest BCUT2D eigenvalue weighted by Crippen LogP contribution is 2.29. The molecule has 1 aromatic rings. The molecule has 114 valence electrons. The SMILES string of the molecule is CC(C)(C)[C@H](N)C[C@H](O)c1cccc(OC(F)(F)F)c1. The quantitative estimate of drug-likeness (QED) is 0.894. The first-order valence-electron chi connectivity index (χ1n) is 6.28. The van der Waals surface area contributed by atoms with Crippen LogP contribution in [-0.2, 0) is 0 Å². The van der Waals surface area contributed by atoms with E-state index in [1.807, 2.05) is 20.8 Å². The summed E-state index contributed by atoms with van der Waals surface area (Å²) in [5.74, 6) is -0.349. The van der Waals surface area contributed by atoms with Gasteiger partial charge >= 0.3 is 6.36 Å². The van der Waals surface area contributed by atoms with Gasteiger partial charge in [0, 0.05) is 6.04 Å². The number of hydrogen-bond acceptors (Lipinski definition) is 3. The summed E-state index contributed by atoms with van der Waals surface area (Å²) in [7, 11) is 0. The summed E-state index contributed by atoms with van der Waals surface area (Å²) in [6.07, 6.45) is -5.41. The van der Waals surface area contributed by atoms with Crippen molar-refractivity contribution in [1.82, 2.24) is 0 Å². The minimum atomic E-state index is -4.74. The van der Waals surface area contributed by atoms with Crippen molar-refractivity contribution < 1.29 is 23.0 Å². The zero-order valence-corrected chi connectivity index (χ0v) is 11.7. The molecule has 0 fully saturated rings.